The zero-order valence-electron chi connectivity index (χ0n) is 15.4. The minimum atomic E-state index is -0.229. The van der Waals surface area contributed by atoms with Crippen molar-refractivity contribution in [1.29, 1.82) is 0 Å². The number of halogens is 2. The Balaban J connectivity index is 1.71. The lowest BCUT2D eigenvalue weighted by molar-refractivity contribution is 0.138. The number of aromatic nitrogens is 1. The summed E-state index contributed by atoms with van der Waals surface area (Å²) in [6, 6.07) is 17.3. The summed E-state index contributed by atoms with van der Waals surface area (Å²) in [6.45, 7) is 3.39. The summed E-state index contributed by atoms with van der Waals surface area (Å²) >= 11 is 0. The number of ether oxygens (including phenoxy) is 1. The molecular weight excluding hydrogens is 346 g/mol. The number of hydrogen-bond acceptors (Lipinski definition) is 2. The van der Waals surface area contributed by atoms with Gasteiger partial charge in [-0.25, -0.2) is 8.78 Å². The molecule has 3 aromatic rings. The van der Waals surface area contributed by atoms with Crippen LogP contribution in [0.3, 0.4) is 0 Å². The molecule has 0 saturated carbocycles. The maximum atomic E-state index is 13.5. The molecule has 3 nitrogen and oxygen atoms in total. The normalized spacial score (nSPS) is 11.3. The Morgan fingerprint density at radius 2 is 1.70 bits per heavy atom. The number of hydrogen-bond donors (Lipinski definition) is 0. The van der Waals surface area contributed by atoms with Crippen LogP contribution in [0.15, 0.2) is 66.9 Å². The van der Waals surface area contributed by atoms with Crippen LogP contribution < -0.4 is 0 Å². The maximum Gasteiger partial charge on any atom is 0.123 e. The van der Waals surface area contributed by atoms with E-state index in [9.17, 15) is 8.78 Å². The highest BCUT2D eigenvalue weighted by molar-refractivity contribution is 5.19. The molecule has 1 aromatic heterocycles. The van der Waals surface area contributed by atoms with Crippen LogP contribution in [0.1, 0.15) is 16.8 Å². The fraction of sp³-hybridized carbons (Fsp3) is 0.273. The Bertz CT molecular complexity index is 846. The number of benzene rings is 2. The lowest BCUT2D eigenvalue weighted by atomic mass is 10.2. The summed E-state index contributed by atoms with van der Waals surface area (Å²) in [4.78, 5) is 2.23. The summed E-state index contributed by atoms with van der Waals surface area (Å²) in [6.07, 6.45) is 2.02. The van der Waals surface area contributed by atoms with Gasteiger partial charge in [-0.3, -0.25) is 4.90 Å². The average Bonchev–Trinajstić information content (AvgIpc) is 3.08. The highest BCUT2D eigenvalue weighted by Crippen LogP contribution is 2.14. The van der Waals surface area contributed by atoms with E-state index in [1.807, 2.05) is 18.3 Å². The van der Waals surface area contributed by atoms with Gasteiger partial charge in [0, 0.05) is 45.2 Å². The van der Waals surface area contributed by atoms with Gasteiger partial charge in [0.1, 0.15) is 11.6 Å². The second-order valence-corrected chi connectivity index (χ2v) is 6.59. The monoisotopic (exact) mass is 370 g/mol. The fourth-order valence-electron chi connectivity index (χ4n) is 3.09. The van der Waals surface area contributed by atoms with E-state index in [4.69, 9.17) is 4.74 Å². The molecule has 0 saturated heterocycles. The van der Waals surface area contributed by atoms with Gasteiger partial charge in [-0.05, 0) is 47.5 Å². The molecule has 0 N–H and O–H groups in total. The van der Waals surface area contributed by atoms with E-state index in [1.54, 1.807) is 31.4 Å². The lowest BCUT2D eigenvalue weighted by Crippen LogP contribution is -2.27. The zero-order chi connectivity index (χ0) is 19.1. The average molecular weight is 370 g/mol. The number of rotatable bonds is 9. The van der Waals surface area contributed by atoms with Crippen molar-refractivity contribution in [2.24, 2.45) is 0 Å². The SMILES string of the molecule is COCCN(Cc1cccc(F)c1)Cc1cccn1Cc1ccc(F)cc1. The molecule has 0 aliphatic carbocycles. The van der Waals surface area contributed by atoms with E-state index in [2.05, 4.69) is 15.5 Å². The molecule has 1 heterocycles. The first-order valence-corrected chi connectivity index (χ1v) is 8.98. The molecule has 2 aromatic carbocycles. The van der Waals surface area contributed by atoms with E-state index in [-0.39, 0.29) is 11.6 Å². The largest absolute Gasteiger partial charge is 0.383 e. The minimum Gasteiger partial charge on any atom is -0.383 e. The standard InChI is InChI=1S/C22H24F2N2O/c1-27-13-12-25(15-19-4-2-5-21(24)14-19)17-22-6-3-11-26(22)16-18-7-9-20(23)10-8-18/h2-11,14H,12-13,15-17H2,1H3. The van der Waals surface area contributed by atoms with Crippen molar-refractivity contribution in [1.82, 2.24) is 9.47 Å². The molecule has 3 rings (SSSR count). The molecular formula is C22H24F2N2O. The minimum absolute atomic E-state index is 0.223. The highest BCUT2D eigenvalue weighted by atomic mass is 19.1. The first kappa shape index (κ1) is 19.3. The first-order valence-electron chi connectivity index (χ1n) is 8.98. The van der Waals surface area contributed by atoms with Gasteiger partial charge in [0.25, 0.3) is 0 Å². The topological polar surface area (TPSA) is 17.4 Å². The molecule has 0 bridgehead atoms. The van der Waals surface area contributed by atoms with Crippen molar-refractivity contribution < 1.29 is 13.5 Å². The molecule has 142 valence electrons. The van der Waals surface area contributed by atoms with Crippen LogP contribution in [0.4, 0.5) is 8.78 Å². The maximum absolute atomic E-state index is 13.5. The van der Waals surface area contributed by atoms with Crippen LogP contribution in [0.25, 0.3) is 0 Å². The Morgan fingerprint density at radius 1 is 0.889 bits per heavy atom. The van der Waals surface area contributed by atoms with Crippen LogP contribution in [0, 0.1) is 11.6 Å². The molecule has 27 heavy (non-hydrogen) atoms. The van der Waals surface area contributed by atoms with E-state index in [1.165, 1.54) is 18.2 Å². The quantitative estimate of drug-likeness (QED) is 0.553. The smallest absolute Gasteiger partial charge is 0.123 e. The predicted octanol–water partition coefficient (Wildman–Crippen LogP) is 4.46. The number of methoxy groups -OCH3 is 1. The Labute approximate surface area is 158 Å². The highest BCUT2D eigenvalue weighted by Gasteiger charge is 2.11. The van der Waals surface area contributed by atoms with Crippen molar-refractivity contribution in [2.75, 3.05) is 20.3 Å². The van der Waals surface area contributed by atoms with Gasteiger partial charge in [0.15, 0.2) is 0 Å². The van der Waals surface area contributed by atoms with Gasteiger partial charge in [0.05, 0.1) is 6.61 Å². The van der Waals surface area contributed by atoms with Crippen LogP contribution in [-0.4, -0.2) is 29.7 Å². The Kier molecular flexibility index (Phi) is 6.74. The molecule has 0 aliphatic heterocycles. The van der Waals surface area contributed by atoms with Gasteiger partial charge in [-0.1, -0.05) is 24.3 Å². The Morgan fingerprint density at radius 3 is 2.44 bits per heavy atom. The van der Waals surface area contributed by atoms with Crippen LogP contribution >= 0.6 is 0 Å². The van der Waals surface area contributed by atoms with E-state index < -0.39 is 0 Å². The predicted molar refractivity (Wildman–Crippen MR) is 102 cm³/mol. The molecule has 5 heteroatoms. The molecule has 0 atom stereocenters. The molecule has 0 unspecified atom stereocenters. The molecule has 0 amide bonds. The van der Waals surface area contributed by atoms with Crippen molar-refractivity contribution in [3.63, 3.8) is 0 Å². The van der Waals surface area contributed by atoms with E-state index in [0.29, 0.717) is 26.2 Å². The summed E-state index contributed by atoms with van der Waals surface area (Å²) < 4.78 is 34.0. The summed E-state index contributed by atoms with van der Waals surface area (Å²) in [5.74, 6) is -0.453. The third kappa shape index (κ3) is 5.74. The summed E-state index contributed by atoms with van der Waals surface area (Å²) in [7, 11) is 1.68. The second kappa shape index (κ2) is 9.44. The van der Waals surface area contributed by atoms with Crippen molar-refractivity contribution in [3.05, 3.63) is 95.3 Å². The second-order valence-electron chi connectivity index (χ2n) is 6.59. The van der Waals surface area contributed by atoms with Gasteiger partial charge in [-0.15, -0.1) is 0 Å². The first-order chi connectivity index (χ1) is 13.1. The van der Waals surface area contributed by atoms with Gasteiger partial charge < -0.3 is 9.30 Å². The van der Waals surface area contributed by atoms with Gasteiger partial charge >= 0.3 is 0 Å². The van der Waals surface area contributed by atoms with E-state index in [0.717, 1.165) is 23.4 Å². The molecule has 0 fully saturated rings. The summed E-state index contributed by atoms with van der Waals surface area (Å²) in [5.41, 5.74) is 3.12. The molecule has 0 aliphatic rings. The van der Waals surface area contributed by atoms with Crippen molar-refractivity contribution in [2.45, 2.75) is 19.6 Å². The van der Waals surface area contributed by atoms with E-state index >= 15 is 0 Å². The van der Waals surface area contributed by atoms with Gasteiger partial charge in [0.2, 0.25) is 0 Å². The Hall–Kier alpha value is -2.50. The molecule has 0 radical (unpaired) electrons. The van der Waals surface area contributed by atoms with Gasteiger partial charge in [-0.2, -0.15) is 0 Å². The lowest BCUT2D eigenvalue weighted by Gasteiger charge is -2.23. The molecule has 0 spiro atoms. The third-order valence-corrected chi connectivity index (χ3v) is 4.48. The summed E-state index contributed by atoms with van der Waals surface area (Å²) in [5, 5.41) is 0. The third-order valence-electron chi connectivity index (χ3n) is 4.48. The van der Waals surface area contributed by atoms with Crippen molar-refractivity contribution >= 4 is 0 Å². The van der Waals surface area contributed by atoms with Crippen LogP contribution in [-0.2, 0) is 24.4 Å². The zero-order valence-corrected chi connectivity index (χ0v) is 15.4. The van der Waals surface area contributed by atoms with Crippen LogP contribution in [0.2, 0.25) is 0 Å². The fourth-order valence-corrected chi connectivity index (χ4v) is 3.09. The number of nitrogens with zero attached hydrogens (tertiary/aromatic N) is 2. The van der Waals surface area contributed by atoms with Crippen LogP contribution in [0.5, 0.6) is 0 Å². The van der Waals surface area contributed by atoms with Crippen molar-refractivity contribution in [3.8, 4) is 0 Å².